The summed E-state index contributed by atoms with van der Waals surface area (Å²) in [5.74, 6) is -0.00867. The van der Waals surface area contributed by atoms with Gasteiger partial charge in [-0.15, -0.1) is 0 Å². The van der Waals surface area contributed by atoms with Crippen molar-refractivity contribution in [3.05, 3.63) is 118 Å². The molecule has 0 bridgehead atoms. The van der Waals surface area contributed by atoms with Crippen molar-refractivity contribution in [2.24, 2.45) is 0 Å². The maximum Gasteiger partial charge on any atom is 0.413 e. The summed E-state index contributed by atoms with van der Waals surface area (Å²) >= 11 is 0. The minimum absolute atomic E-state index is 0.00867. The fraction of sp³-hybridized carbons (Fsp3) is 0.300. The van der Waals surface area contributed by atoms with E-state index in [9.17, 15) is 9.90 Å². The van der Waals surface area contributed by atoms with Crippen LogP contribution < -0.4 is 0 Å². The number of nitrogens with zero attached hydrogens (tertiary/aromatic N) is 2. The van der Waals surface area contributed by atoms with Crippen molar-refractivity contribution in [2.75, 3.05) is 0 Å². The molecule has 4 heteroatoms. The normalized spacial score (nSPS) is 16.5. The smallest absolute Gasteiger partial charge is 0.413 e. The predicted molar refractivity (Wildman–Crippen MR) is 138 cm³/mol. The zero-order chi connectivity index (χ0) is 24.4. The average Bonchev–Trinajstić information content (AvgIpc) is 3.16. The monoisotopic (exact) mass is 454 g/mol. The Kier molecular flexibility index (Phi) is 6.78. The quantitative estimate of drug-likeness (QED) is 0.439. The number of aryl methyl sites for hydroxylation is 3. The van der Waals surface area contributed by atoms with Crippen LogP contribution in [-0.2, 0) is 13.0 Å². The van der Waals surface area contributed by atoms with E-state index in [1.54, 1.807) is 4.90 Å². The Balaban J connectivity index is 1.78. The standard InChI is InChI=1S/C30H34N2O2/c1-20-13-10-16-28(23(20)4)24(5)29-31(18-26-15-9-7-12-22(26)3)19-27(32(29)30(33)34)17-25-14-8-6-11-21(25)2/h6-16,19,24,29H,17-18H2,1-5H3,(H,33,34)/t24-,29?/m0/s1. The van der Waals surface area contributed by atoms with Crippen LogP contribution in [0.4, 0.5) is 4.79 Å². The maximum atomic E-state index is 12.7. The number of hydrogen-bond donors (Lipinski definition) is 1. The van der Waals surface area contributed by atoms with Gasteiger partial charge in [0.15, 0.2) is 0 Å². The molecule has 1 aliphatic rings. The van der Waals surface area contributed by atoms with E-state index in [0.717, 1.165) is 11.3 Å². The molecule has 0 saturated carbocycles. The molecule has 3 aromatic rings. The molecular weight excluding hydrogens is 420 g/mol. The second-order valence-corrected chi connectivity index (χ2v) is 9.47. The second kappa shape index (κ2) is 9.76. The number of carbonyl (C=O) groups is 1. The van der Waals surface area contributed by atoms with Gasteiger partial charge in [-0.05, 0) is 66.6 Å². The van der Waals surface area contributed by atoms with Gasteiger partial charge in [-0.1, -0.05) is 73.7 Å². The summed E-state index contributed by atoms with van der Waals surface area (Å²) in [4.78, 5) is 16.5. The molecule has 176 valence electrons. The number of rotatable bonds is 6. The van der Waals surface area contributed by atoms with Gasteiger partial charge in [0.05, 0.1) is 0 Å². The Morgan fingerprint density at radius 3 is 2.06 bits per heavy atom. The Morgan fingerprint density at radius 1 is 0.853 bits per heavy atom. The van der Waals surface area contributed by atoms with Crippen molar-refractivity contribution in [2.45, 2.75) is 59.7 Å². The molecule has 4 nitrogen and oxygen atoms in total. The van der Waals surface area contributed by atoms with Crippen molar-refractivity contribution in [1.29, 1.82) is 0 Å². The third kappa shape index (κ3) is 4.58. The molecule has 0 aliphatic carbocycles. The van der Waals surface area contributed by atoms with E-state index in [4.69, 9.17) is 0 Å². The SMILES string of the molecule is Cc1ccccc1CC1=CN(Cc2ccccc2C)C([C@@H](C)c2cccc(C)c2C)N1C(=O)O. The van der Waals surface area contributed by atoms with Crippen LogP contribution in [0.3, 0.4) is 0 Å². The largest absolute Gasteiger partial charge is 0.465 e. The minimum atomic E-state index is -0.908. The lowest BCUT2D eigenvalue weighted by Gasteiger charge is -2.37. The lowest BCUT2D eigenvalue weighted by Crippen LogP contribution is -2.46. The van der Waals surface area contributed by atoms with E-state index in [2.05, 4.69) is 94.2 Å². The fourth-order valence-corrected chi connectivity index (χ4v) is 5.08. The first-order valence-electron chi connectivity index (χ1n) is 11.9. The van der Waals surface area contributed by atoms with Crippen LogP contribution in [0.5, 0.6) is 0 Å². The molecule has 2 atom stereocenters. The zero-order valence-corrected chi connectivity index (χ0v) is 20.7. The lowest BCUT2D eigenvalue weighted by atomic mass is 9.90. The number of hydrogen-bond acceptors (Lipinski definition) is 2. The molecule has 1 heterocycles. The summed E-state index contributed by atoms with van der Waals surface area (Å²) in [6.07, 6.45) is 1.42. The minimum Gasteiger partial charge on any atom is -0.465 e. The van der Waals surface area contributed by atoms with E-state index >= 15 is 0 Å². The molecule has 0 spiro atoms. The molecular formula is C30H34N2O2. The molecule has 1 unspecified atom stereocenters. The number of amides is 1. The van der Waals surface area contributed by atoms with E-state index in [1.165, 1.54) is 33.4 Å². The molecule has 1 aliphatic heterocycles. The predicted octanol–water partition coefficient (Wildman–Crippen LogP) is 6.93. The van der Waals surface area contributed by atoms with Crippen LogP contribution in [0.1, 0.15) is 51.8 Å². The van der Waals surface area contributed by atoms with Crippen LogP contribution in [0.2, 0.25) is 0 Å². The Hall–Kier alpha value is -3.53. The molecule has 1 N–H and O–H groups in total. The number of allylic oxidation sites excluding steroid dienone is 1. The van der Waals surface area contributed by atoms with Crippen LogP contribution in [0.15, 0.2) is 78.6 Å². The van der Waals surface area contributed by atoms with Crippen molar-refractivity contribution >= 4 is 6.09 Å². The molecule has 3 aromatic carbocycles. The number of carboxylic acid groups (broad SMARTS) is 1. The van der Waals surface area contributed by atoms with Gasteiger partial charge >= 0.3 is 6.09 Å². The molecule has 0 aromatic heterocycles. The van der Waals surface area contributed by atoms with Gasteiger partial charge in [-0.2, -0.15) is 0 Å². The summed E-state index contributed by atoms with van der Waals surface area (Å²) in [5.41, 5.74) is 9.20. The van der Waals surface area contributed by atoms with Gasteiger partial charge in [0.25, 0.3) is 0 Å². The van der Waals surface area contributed by atoms with Gasteiger partial charge in [-0.25, -0.2) is 4.79 Å². The third-order valence-corrected chi connectivity index (χ3v) is 7.27. The first kappa shape index (κ1) is 23.6. The summed E-state index contributed by atoms with van der Waals surface area (Å²) in [5, 5.41) is 10.4. The highest BCUT2D eigenvalue weighted by Gasteiger charge is 2.40. The van der Waals surface area contributed by atoms with Crippen LogP contribution in [-0.4, -0.2) is 27.2 Å². The zero-order valence-electron chi connectivity index (χ0n) is 20.7. The van der Waals surface area contributed by atoms with Gasteiger partial charge in [0.2, 0.25) is 0 Å². The highest BCUT2D eigenvalue weighted by molar-refractivity contribution is 5.69. The van der Waals surface area contributed by atoms with E-state index in [1.807, 2.05) is 18.2 Å². The molecule has 0 radical (unpaired) electrons. The summed E-state index contributed by atoms with van der Waals surface area (Å²) in [6, 6.07) is 22.9. The lowest BCUT2D eigenvalue weighted by molar-refractivity contribution is 0.0947. The Morgan fingerprint density at radius 2 is 1.44 bits per heavy atom. The molecule has 1 amide bonds. The summed E-state index contributed by atoms with van der Waals surface area (Å²) in [6.45, 7) is 11.3. The molecule has 4 rings (SSSR count). The van der Waals surface area contributed by atoms with Gasteiger partial charge in [-0.3, -0.25) is 4.90 Å². The topological polar surface area (TPSA) is 43.8 Å². The average molecular weight is 455 g/mol. The molecule has 0 saturated heterocycles. The van der Waals surface area contributed by atoms with E-state index < -0.39 is 6.09 Å². The molecule has 34 heavy (non-hydrogen) atoms. The maximum absolute atomic E-state index is 12.7. The summed E-state index contributed by atoms with van der Waals surface area (Å²) in [7, 11) is 0. The third-order valence-electron chi connectivity index (χ3n) is 7.27. The van der Waals surface area contributed by atoms with Gasteiger partial charge in [0.1, 0.15) is 6.17 Å². The van der Waals surface area contributed by atoms with Crippen molar-refractivity contribution in [3.63, 3.8) is 0 Å². The van der Waals surface area contributed by atoms with Gasteiger partial charge in [0, 0.05) is 30.8 Å². The highest BCUT2D eigenvalue weighted by Crippen LogP contribution is 2.38. The Labute approximate surface area is 203 Å². The van der Waals surface area contributed by atoms with Crippen LogP contribution in [0, 0.1) is 27.7 Å². The second-order valence-electron chi connectivity index (χ2n) is 9.47. The van der Waals surface area contributed by atoms with Crippen LogP contribution >= 0.6 is 0 Å². The highest BCUT2D eigenvalue weighted by atomic mass is 16.4. The van der Waals surface area contributed by atoms with E-state index in [-0.39, 0.29) is 12.1 Å². The first-order chi connectivity index (χ1) is 16.3. The number of benzene rings is 3. The van der Waals surface area contributed by atoms with Crippen LogP contribution in [0.25, 0.3) is 0 Å². The Bertz CT molecular complexity index is 1230. The van der Waals surface area contributed by atoms with E-state index in [0.29, 0.717) is 13.0 Å². The van der Waals surface area contributed by atoms with Crippen molar-refractivity contribution in [3.8, 4) is 0 Å². The van der Waals surface area contributed by atoms with Gasteiger partial charge < -0.3 is 10.0 Å². The van der Waals surface area contributed by atoms with Crippen molar-refractivity contribution in [1.82, 2.24) is 9.80 Å². The molecule has 0 fully saturated rings. The summed E-state index contributed by atoms with van der Waals surface area (Å²) < 4.78 is 0. The fourth-order valence-electron chi connectivity index (χ4n) is 5.08. The van der Waals surface area contributed by atoms with Crippen molar-refractivity contribution < 1.29 is 9.90 Å². The first-order valence-corrected chi connectivity index (χ1v) is 11.9.